The van der Waals surface area contributed by atoms with E-state index in [1.807, 2.05) is 12.1 Å². The molecule has 0 aliphatic heterocycles. The first kappa shape index (κ1) is 12.8. The van der Waals surface area contributed by atoms with Crippen LogP contribution in [0.2, 0.25) is 0 Å². The molecule has 0 N–H and O–H groups in total. The van der Waals surface area contributed by atoms with Crippen LogP contribution < -0.4 is 0 Å². The highest BCUT2D eigenvalue weighted by molar-refractivity contribution is 7.92. The van der Waals surface area contributed by atoms with Crippen molar-refractivity contribution in [1.82, 2.24) is 9.97 Å². The molecule has 0 atom stereocenters. The summed E-state index contributed by atoms with van der Waals surface area (Å²) in [4.78, 5) is 8.16. The number of pyridine rings is 2. The van der Waals surface area contributed by atoms with Gasteiger partial charge in [0.1, 0.15) is 11.0 Å². The van der Waals surface area contributed by atoms with Gasteiger partial charge in [-0.25, -0.2) is 13.4 Å². The number of hydrogen-bond donors (Lipinski definition) is 0. The molecule has 1 fully saturated rings. The van der Waals surface area contributed by atoms with E-state index in [2.05, 4.69) is 9.97 Å². The molecule has 0 spiro atoms. The van der Waals surface area contributed by atoms with E-state index in [1.54, 1.807) is 18.3 Å². The second kappa shape index (κ2) is 4.69. The second-order valence-corrected chi connectivity index (χ2v) is 6.84. The molecular formula is C14H11N3O2S. The third-order valence-corrected chi connectivity index (χ3v) is 5.46. The number of hydrogen-bond acceptors (Lipinski definition) is 5. The molecule has 100 valence electrons. The van der Waals surface area contributed by atoms with Crippen molar-refractivity contribution in [3.05, 3.63) is 42.4 Å². The highest BCUT2D eigenvalue weighted by Gasteiger charge is 2.38. The largest absolute Gasteiger partial charge is 0.256 e. The van der Waals surface area contributed by atoms with E-state index in [-0.39, 0.29) is 15.8 Å². The number of sulfone groups is 1. The minimum atomic E-state index is -3.45. The molecule has 1 aliphatic rings. The Morgan fingerprint density at radius 1 is 1.25 bits per heavy atom. The second-order valence-electron chi connectivity index (χ2n) is 4.64. The Labute approximate surface area is 116 Å². The van der Waals surface area contributed by atoms with Gasteiger partial charge >= 0.3 is 0 Å². The maximum atomic E-state index is 12.3. The molecule has 0 aromatic carbocycles. The van der Waals surface area contributed by atoms with E-state index in [9.17, 15) is 8.42 Å². The highest BCUT2D eigenvalue weighted by atomic mass is 32.2. The van der Waals surface area contributed by atoms with Crippen molar-refractivity contribution in [2.45, 2.75) is 23.0 Å². The van der Waals surface area contributed by atoms with Crippen LogP contribution >= 0.6 is 0 Å². The summed E-state index contributed by atoms with van der Waals surface area (Å²) in [6, 6.07) is 8.72. The molecule has 0 saturated heterocycles. The van der Waals surface area contributed by atoms with Crippen LogP contribution in [0.15, 0.2) is 41.6 Å². The van der Waals surface area contributed by atoms with Crippen molar-refractivity contribution in [3.8, 4) is 17.3 Å². The molecule has 1 aliphatic carbocycles. The van der Waals surface area contributed by atoms with Gasteiger partial charge in [-0.1, -0.05) is 6.07 Å². The van der Waals surface area contributed by atoms with E-state index < -0.39 is 9.84 Å². The van der Waals surface area contributed by atoms with Crippen LogP contribution in [0, 0.1) is 11.3 Å². The maximum absolute atomic E-state index is 12.3. The summed E-state index contributed by atoms with van der Waals surface area (Å²) in [5, 5.41) is 8.69. The third kappa shape index (κ3) is 2.17. The summed E-state index contributed by atoms with van der Waals surface area (Å²) in [5.41, 5.74) is 1.19. The van der Waals surface area contributed by atoms with Crippen LogP contribution in [0.5, 0.6) is 0 Å². The van der Waals surface area contributed by atoms with Gasteiger partial charge in [-0.15, -0.1) is 0 Å². The fraction of sp³-hybridized carbons (Fsp3) is 0.214. The predicted molar refractivity (Wildman–Crippen MR) is 72.4 cm³/mol. The van der Waals surface area contributed by atoms with Crippen LogP contribution in [0.3, 0.4) is 0 Å². The first-order valence-corrected chi connectivity index (χ1v) is 7.73. The highest BCUT2D eigenvalue weighted by Crippen LogP contribution is 2.35. The summed E-state index contributed by atoms with van der Waals surface area (Å²) < 4.78 is 24.7. The van der Waals surface area contributed by atoms with Gasteiger partial charge < -0.3 is 0 Å². The predicted octanol–water partition coefficient (Wildman–Crippen LogP) is 1.95. The standard InChI is InChI=1S/C14H11N3O2S/c15-8-13-14(20(18,19)11-4-5-11)7-10(9-17-13)12-3-1-2-6-16-12/h1-3,6-7,9,11H,4-5H2. The summed E-state index contributed by atoms with van der Waals surface area (Å²) >= 11 is 0. The lowest BCUT2D eigenvalue weighted by Crippen LogP contribution is -2.10. The van der Waals surface area contributed by atoms with E-state index >= 15 is 0 Å². The van der Waals surface area contributed by atoms with Gasteiger partial charge in [0.05, 0.1) is 10.9 Å². The van der Waals surface area contributed by atoms with Crippen LogP contribution in [-0.2, 0) is 9.84 Å². The molecule has 3 rings (SSSR count). The normalized spacial score (nSPS) is 14.8. The summed E-state index contributed by atoms with van der Waals surface area (Å²) in [6.45, 7) is 0. The molecule has 5 nitrogen and oxygen atoms in total. The summed E-state index contributed by atoms with van der Waals surface area (Å²) in [5.74, 6) is 0. The maximum Gasteiger partial charge on any atom is 0.184 e. The molecule has 20 heavy (non-hydrogen) atoms. The van der Waals surface area contributed by atoms with Gasteiger partial charge in [-0.05, 0) is 31.0 Å². The van der Waals surface area contributed by atoms with E-state index in [4.69, 9.17) is 5.26 Å². The lowest BCUT2D eigenvalue weighted by Gasteiger charge is -2.07. The molecule has 0 unspecified atom stereocenters. The molecule has 0 bridgehead atoms. The van der Waals surface area contributed by atoms with Gasteiger partial charge in [-0.2, -0.15) is 5.26 Å². The average molecular weight is 285 g/mol. The van der Waals surface area contributed by atoms with E-state index in [0.29, 0.717) is 24.1 Å². The first-order valence-electron chi connectivity index (χ1n) is 6.18. The topological polar surface area (TPSA) is 83.7 Å². The molecule has 2 heterocycles. The van der Waals surface area contributed by atoms with Crippen molar-refractivity contribution < 1.29 is 8.42 Å². The van der Waals surface area contributed by atoms with Crippen molar-refractivity contribution in [2.24, 2.45) is 0 Å². The molecule has 2 aromatic rings. The number of nitrogens with zero attached hydrogens (tertiary/aromatic N) is 3. The molecule has 0 radical (unpaired) electrons. The van der Waals surface area contributed by atoms with E-state index in [0.717, 1.165) is 0 Å². The SMILES string of the molecule is N#Cc1ncc(-c2ccccn2)cc1S(=O)(=O)C1CC1. The molecular weight excluding hydrogens is 274 g/mol. The minimum Gasteiger partial charge on any atom is -0.256 e. The first-order chi connectivity index (χ1) is 9.63. The summed E-state index contributed by atoms with van der Waals surface area (Å²) in [7, 11) is -3.45. The number of aromatic nitrogens is 2. The van der Waals surface area contributed by atoms with Crippen LogP contribution in [0.25, 0.3) is 11.3 Å². The minimum absolute atomic E-state index is 0.0191. The third-order valence-electron chi connectivity index (χ3n) is 3.19. The van der Waals surface area contributed by atoms with E-state index in [1.165, 1.54) is 12.3 Å². The lowest BCUT2D eigenvalue weighted by molar-refractivity contribution is 0.594. The number of nitriles is 1. The van der Waals surface area contributed by atoms with Crippen LogP contribution in [-0.4, -0.2) is 23.6 Å². The van der Waals surface area contributed by atoms with Gasteiger partial charge in [0.25, 0.3) is 0 Å². The lowest BCUT2D eigenvalue weighted by atomic mass is 10.2. The average Bonchev–Trinajstić information content (AvgIpc) is 3.32. The molecule has 2 aromatic heterocycles. The fourth-order valence-electron chi connectivity index (χ4n) is 1.98. The Hall–Kier alpha value is -2.26. The van der Waals surface area contributed by atoms with Gasteiger partial charge in [0, 0.05) is 18.0 Å². The van der Waals surface area contributed by atoms with Crippen molar-refractivity contribution in [1.29, 1.82) is 5.26 Å². The Bertz CT molecular complexity index is 791. The van der Waals surface area contributed by atoms with Crippen molar-refractivity contribution >= 4 is 9.84 Å². The molecule has 0 amide bonds. The van der Waals surface area contributed by atoms with Gasteiger partial charge in [0.15, 0.2) is 15.5 Å². The Morgan fingerprint density at radius 2 is 2.05 bits per heavy atom. The van der Waals surface area contributed by atoms with Gasteiger partial charge in [0.2, 0.25) is 0 Å². The van der Waals surface area contributed by atoms with Crippen LogP contribution in [0.4, 0.5) is 0 Å². The monoisotopic (exact) mass is 285 g/mol. The van der Waals surface area contributed by atoms with Crippen molar-refractivity contribution in [3.63, 3.8) is 0 Å². The zero-order valence-corrected chi connectivity index (χ0v) is 11.3. The van der Waals surface area contributed by atoms with Gasteiger partial charge in [-0.3, -0.25) is 4.98 Å². The molecule has 6 heteroatoms. The zero-order chi connectivity index (χ0) is 14.2. The zero-order valence-electron chi connectivity index (χ0n) is 10.5. The smallest absolute Gasteiger partial charge is 0.184 e. The summed E-state index contributed by atoms with van der Waals surface area (Å²) in [6.07, 6.45) is 4.41. The Kier molecular flexibility index (Phi) is 2.99. The number of rotatable bonds is 3. The fourth-order valence-corrected chi connectivity index (χ4v) is 3.75. The van der Waals surface area contributed by atoms with Crippen LogP contribution in [0.1, 0.15) is 18.5 Å². The Balaban J connectivity index is 2.16. The molecule has 1 saturated carbocycles. The Morgan fingerprint density at radius 3 is 2.65 bits per heavy atom. The quantitative estimate of drug-likeness (QED) is 0.860. The van der Waals surface area contributed by atoms with Crippen molar-refractivity contribution in [2.75, 3.05) is 0 Å².